The van der Waals surface area contributed by atoms with Crippen molar-refractivity contribution in [3.05, 3.63) is 0 Å². The van der Waals surface area contributed by atoms with Crippen LogP contribution in [0.5, 0.6) is 0 Å². The van der Waals surface area contributed by atoms with Crippen LogP contribution in [0, 0.1) is 23.7 Å². The van der Waals surface area contributed by atoms with Crippen LogP contribution >= 0.6 is 0 Å². The smallest absolute Gasteiger partial charge is 0.432 e. The summed E-state index contributed by atoms with van der Waals surface area (Å²) in [5, 5.41) is -5.81. The lowest BCUT2D eigenvalue weighted by Crippen LogP contribution is -2.53. The van der Waals surface area contributed by atoms with Gasteiger partial charge in [0.1, 0.15) is 0 Å². The Kier molecular flexibility index (Phi) is 5.27. The Labute approximate surface area is 144 Å². The van der Waals surface area contributed by atoms with Gasteiger partial charge in [-0.25, -0.2) is 0 Å². The third-order valence-electron chi connectivity index (χ3n) is 4.84. The van der Waals surface area contributed by atoms with E-state index in [4.69, 9.17) is 4.55 Å². The molecule has 2 saturated carbocycles. The van der Waals surface area contributed by atoms with Crippen molar-refractivity contribution < 1.29 is 54.0 Å². The number of methoxy groups -OCH3 is 1. The number of esters is 2. The highest BCUT2D eigenvalue weighted by Crippen LogP contribution is 2.53. The van der Waals surface area contributed by atoms with Gasteiger partial charge in [0.15, 0.2) is 0 Å². The summed E-state index contributed by atoms with van der Waals surface area (Å²) in [5.41, 5.74) is 0. The SMILES string of the molecule is COC(=O)C1C2CCC(C2)C1C(=O)OC(C(F)(F)F)C(F)(F)S(=O)(=O)O. The van der Waals surface area contributed by atoms with Crippen LogP contribution in [0.3, 0.4) is 0 Å². The van der Waals surface area contributed by atoms with E-state index in [2.05, 4.69) is 9.47 Å². The standard InChI is InChI=1S/C13H15F5O7S/c1-24-9(19)7-5-2-3-6(4-5)8(7)10(20)25-11(12(14,15)16)13(17,18)26(21,22)23/h5-8,11H,2-4H2,1H3,(H,21,22,23). The van der Waals surface area contributed by atoms with Gasteiger partial charge in [0.05, 0.1) is 18.9 Å². The van der Waals surface area contributed by atoms with Crippen molar-refractivity contribution in [1.29, 1.82) is 0 Å². The molecule has 7 nitrogen and oxygen atoms in total. The quantitative estimate of drug-likeness (QED) is 0.418. The molecule has 0 heterocycles. The normalized spacial score (nSPS) is 30.1. The van der Waals surface area contributed by atoms with Gasteiger partial charge in [0.2, 0.25) is 0 Å². The highest BCUT2D eigenvalue weighted by Gasteiger charge is 2.67. The molecule has 0 spiro atoms. The second-order valence-electron chi connectivity index (χ2n) is 6.30. The van der Waals surface area contributed by atoms with Gasteiger partial charge in [-0.3, -0.25) is 14.1 Å². The summed E-state index contributed by atoms with van der Waals surface area (Å²) in [6.45, 7) is 0. The number of halogens is 5. The van der Waals surface area contributed by atoms with Crippen molar-refractivity contribution in [2.75, 3.05) is 7.11 Å². The van der Waals surface area contributed by atoms with Crippen molar-refractivity contribution >= 4 is 22.1 Å². The van der Waals surface area contributed by atoms with Crippen molar-refractivity contribution in [2.24, 2.45) is 23.7 Å². The van der Waals surface area contributed by atoms with Crippen LogP contribution in [-0.2, 0) is 29.2 Å². The zero-order valence-corrected chi connectivity index (χ0v) is 14.0. The van der Waals surface area contributed by atoms with E-state index in [1.165, 1.54) is 0 Å². The van der Waals surface area contributed by atoms with Gasteiger partial charge in [-0.05, 0) is 31.1 Å². The zero-order chi connectivity index (χ0) is 20.1. The molecule has 26 heavy (non-hydrogen) atoms. The van der Waals surface area contributed by atoms with Gasteiger partial charge >= 0.3 is 33.5 Å². The fourth-order valence-electron chi connectivity index (χ4n) is 3.76. The molecular weight excluding hydrogens is 395 g/mol. The molecular formula is C13H15F5O7S. The summed E-state index contributed by atoms with van der Waals surface area (Å²) in [7, 11) is -5.52. The first-order valence-electron chi connectivity index (χ1n) is 7.41. The highest BCUT2D eigenvalue weighted by atomic mass is 32.2. The summed E-state index contributed by atoms with van der Waals surface area (Å²) >= 11 is 0. The summed E-state index contributed by atoms with van der Waals surface area (Å²) in [4.78, 5) is 24.0. The summed E-state index contributed by atoms with van der Waals surface area (Å²) in [6, 6.07) is 0. The number of hydrogen-bond acceptors (Lipinski definition) is 6. The van der Waals surface area contributed by atoms with Crippen molar-refractivity contribution in [2.45, 2.75) is 36.8 Å². The van der Waals surface area contributed by atoms with Gasteiger partial charge < -0.3 is 9.47 Å². The molecule has 0 aromatic heterocycles. The molecule has 2 fully saturated rings. The molecule has 5 atom stereocenters. The lowest BCUT2D eigenvalue weighted by atomic mass is 9.79. The summed E-state index contributed by atoms with van der Waals surface area (Å²) in [5.74, 6) is -6.20. The molecule has 2 rings (SSSR count). The first kappa shape index (κ1) is 20.8. The number of carbonyl (C=O) groups is 2. The van der Waals surface area contributed by atoms with E-state index in [0.29, 0.717) is 19.3 Å². The molecule has 0 aliphatic heterocycles. The number of ether oxygens (including phenoxy) is 2. The number of rotatable bonds is 5. The summed E-state index contributed by atoms with van der Waals surface area (Å²) < 4.78 is 104. The number of hydrogen-bond donors (Lipinski definition) is 1. The number of alkyl halides is 5. The molecule has 5 unspecified atom stereocenters. The van der Waals surface area contributed by atoms with Crippen LogP contribution in [0.2, 0.25) is 0 Å². The van der Waals surface area contributed by atoms with Gasteiger partial charge in [0, 0.05) is 0 Å². The van der Waals surface area contributed by atoms with Crippen LogP contribution in [0.25, 0.3) is 0 Å². The molecule has 1 N–H and O–H groups in total. The average Bonchev–Trinajstić information content (AvgIpc) is 3.09. The third-order valence-corrected chi connectivity index (χ3v) is 5.74. The largest absolute Gasteiger partial charge is 0.469 e. The molecule has 150 valence electrons. The van der Waals surface area contributed by atoms with E-state index in [0.717, 1.165) is 7.11 Å². The molecule has 0 saturated heterocycles. The number of carbonyl (C=O) groups excluding carboxylic acids is 2. The molecule has 2 aliphatic rings. The lowest BCUT2D eigenvalue weighted by Gasteiger charge is -2.31. The van der Waals surface area contributed by atoms with Gasteiger partial charge in [-0.1, -0.05) is 0 Å². The van der Waals surface area contributed by atoms with E-state index >= 15 is 0 Å². The summed E-state index contributed by atoms with van der Waals surface area (Å²) in [6.07, 6.45) is -9.19. The maximum atomic E-state index is 13.5. The minimum atomic E-state index is -6.52. The third kappa shape index (κ3) is 3.50. The molecule has 13 heteroatoms. The van der Waals surface area contributed by atoms with Crippen LogP contribution in [-0.4, -0.2) is 49.6 Å². The first-order chi connectivity index (χ1) is 11.7. The predicted octanol–water partition coefficient (Wildman–Crippen LogP) is 1.78. The molecule has 0 aromatic carbocycles. The fraction of sp³-hybridized carbons (Fsp3) is 0.846. The first-order valence-corrected chi connectivity index (χ1v) is 8.85. The van der Waals surface area contributed by atoms with E-state index in [1.807, 2.05) is 0 Å². The monoisotopic (exact) mass is 410 g/mol. The maximum Gasteiger partial charge on any atom is 0.432 e. The number of fused-ring (bicyclic) bond motifs is 2. The Morgan fingerprint density at radius 2 is 1.50 bits per heavy atom. The molecule has 0 radical (unpaired) electrons. The lowest BCUT2D eigenvalue weighted by molar-refractivity contribution is -0.261. The van der Waals surface area contributed by atoms with Gasteiger partial charge in [0.25, 0.3) is 6.10 Å². The van der Waals surface area contributed by atoms with Crippen LogP contribution in [0.4, 0.5) is 22.0 Å². The van der Waals surface area contributed by atoms with Gasteiger partial charge in [-0.15, -0.1) is 0 Å². The Bertz CT molecular complexity index is 689. The Morgan fingerprint density at radius 3 is 1.88 bits per heavy atom. The van der Waals surface area contributed by atoms with Gasteiger partial charge in [-0.2, -0.15) is 30.4 Å². The topological polar surface area (TPSA) is 107 Å². The van der Waals surface area contributed by atoms with Crippen molar-refractivity contribution in [3.8, 4) is 0 Å². The van der Waals surface area contributed by atoms with Crippen molar-refractivity contribution in [3.63, 3.8) is 0 Å². The van der Waals surface area contributed by atoms with Crippen molar-refractivity contribution in [1.82, 2.24) is 0 Å². The zero-order valence-electron chi connectivity index (χ0n) is 13.2. The van der Waals surface area contributed by atoms with Crippen LogP contribution < -0.4 is 0 Å². The Morgan fingerprint density at radius 1 is 1.04 bits per heavy atom. The predicted molar refractivity (Wildman–Crippen MR) is 72.3 cm³/mol. The minimum Gasteiger partial charge on any atom is -0.469 e. The Balaban J connectivity index is 2.31. The van der Waals surface area contributed by atoms with E-state index in [-0.39, 0.29) is 5.92 Å². The molecule has 0 amide bonds. The van der Waals surface area contributed by atoms with E-state index in [9.17, 15) is 40.0 Å². The maximum absolute atomic E-state index is 13.5. The van der Waals surface area contributed by atoms with E-state index < -0.39 is 57.3 Å². The minimum absolute atomic E-state index is 0.310. The second kappa shape index (κ2) is 6.59. The fourth-order valence-corrected chi connectivity index (χ4v) is 4.21. The molecule has 2 aliphatic carbocycles. The molecule has 2 bridgehead atoms. The van der Waals surface area contributed by atoms with Crippen LogP contribution in [0.1, 0.15) is 19.3 Å². The van der Waals surface area contributed by atoms with Crippen LogP contribution in [0.15, 0.2) is 0 Å². The highest BCUT2D eigenvalue weighted by molar-refractivity contribution is 7.86. The second-order valence-corrected chi connectivity index (χ2v) is 7.80. The van der Waals surface area contributed by atoms with E-state index in [1.54, 1.807) is 0 Å². The molecule has 0 aromatic rings. The average molecular weight is 410 g/mol. The Hall–Kier alpha value is -1.50.